The second-order valence-electron chi connectivity index (χ2n) is 5.39. The largest absolute Gasteiger partial charge is 0.497 e. The van der Waals surface area contributed by atoms with E-state index >= 15 is 0 Å². The van der Waals surface area contributed by atoms with Crippen LogP contribution in [-0.2, 0) is 4.79 Å². The van der Waals surface area contributed by atoms with E-state index in [9.17, 15) is 4.79 Å². The number of ether oxygens (including phenoxy) is 2. The lowest BCUT2D eigenvalue weighted by atomic mass is 10.2. The van der Waals surface area contributed by atoms with Crippen LogP contribution in [-0.4, -0.2) is 29.8 Å². The van der Waals surface area contributed by atoms with Crippen LogP contribution >= 0.6 is 22.9 Å². The number of carbonyl (C=O) groups is 1. The summed E-state index contributed by atoms with van der Waals surface area (Å²) in [4.78, 5) is 12.0. The Morgan fingerprint density at radius 1 is 1.15 bits per heavy atom. The molecule has 2 aromatic carbocycles. The number of hydrogen-bond donors (Lipinski definition) is 1. The average molecular weight is 390 g/mol. The topological polar surface area (TPSA) is 73.3 Å². The Morgan fingerprint density at radius 2 is 1.88 bits per heavy atom. The van der Waals surface area contributed by atoms with Gasteiger partial charge in [-0.2, -0.15) is 0 Å². The number of halogens is 1. The van der Waals surface area contributed by atoms with Crippen LogP contribution in [0.15, 0.2) is 42.5 Å². The zero-order chi connectivity index (χ0) is 18.5. The van der Waals surface area contributed by atoms with Gasteiger partial charge in [-0.05, 0) is 55.0 Å². The molecule has 0 spiro atoms. The maximum atomic E-state index is 12.0. The highest BCUT2D eigenvalue weighted by Gasteiger charge is 2.11. The molecule has 1 N–H and O–H groups in total. The second kappa shape index (κ2) is 8.16. The lowest BCUT2D eigenvalue weighted by molar-refractivity contribution is -0.118. The van der Waals surface area contributed by atoms with Gasteiger partial charge in [-0.15, -0.1) is 10.2 Å². The van der Waals surface area contributed by atoms with Crippen LogP contribution in [0.3, 0.4) is 0 Å². The summed E-state index contributed by atoms with van der Waals surface area (Å²) in [6, 6.07) is 12.7. The molecule has 0 radical (unpaired) electrons. The van der Waals surface area contributed by atoms with E-state index in [-0.39, 0.29) is 12.5 Å². The first kappa shape index (κ1) is 18.2. The molecule has 0 aliphatic carbocycles. The highest BCUT2D eigenvalue weighted by Crippen LogP contribution is 2.27. The van der Waals surface area contributed by atoms with Gasteiger partial charge in [0.1, 0.15) is 16.5 Å². The lowest BCUT2D eigenvalue weighted by Gasteiger charge is -2.07. The third-order valence-electron chi connectivity index (χ3n) is 3.51. The SMILES string of the molecule is COc1ccc(-c2nnc(NC(=O)COc3ccc(Cl)c(C)c3)s2)cc1. The quantitative estimate of drug-likeness (QED) is 0.684. The smallest absolute Gasteiger partial charge is 0.264 e. The van der Waals surface area contributed by atoms with Crippen molar-refractivity contribution in [3.05, 3.63) is 53.1 Å². The van der Waals surface area contributed by atoms with Crippen LogP contribution in [0.4, 0.5) is 5.13 Å². The van der Waals surface area contributed by atoms with Gasteiger partial charge in [-0.3, -0.25) is 10.1 Å². The Balaban J connectivity index is 1.57. The van der Waals surface area contributed by atoms with Crippen molar-refractivity contribution in [2.45, 2.75) is 6.92 Å². The summed E-state index contributed by atoms with van der Waals surface area (Å²) in [5.41, 5.74) is 1.79. The Hall–Kier alpha value is -2.64. The van der Waals surface area contributed by atoms with E-state index in [1.54, 1.807) is 25.3 Å². The molecule has 134 valence electrons. The molecule has 0 saturated heterocycles. The van der Waals surface area contributed by atoms with Crippen LogP contribution in [0.2, 0.25) is 5.02 Å². The molecule has 26 heavy (non-hydrogen) atoms. The van der Waals surface area contributed by atoms with Gasteiger partial charge in [0.2, 0.25) is 5.13 Å². The molecule has 0 bridgehead atoms. The predicted octanol–water partition coefficient (Wildman–Crippen LogP) is 4.19. The minimum absolute atomic E-state index is 0.126. The molecule has 3 rings (SSSR count). The first-order valence-electron chi connectivity index (χ1n) is 7.72. The van der Waals surface area contributed by atoms with Crippen molar-refractivity contribution < 1.29 is 14.3 Å². The number of aryl methyl sites for hydroxylation is 1. The van der Waals surface area contributed by atoms with Gasteiger partial charge < -0.3 is 9.47 Å². The lowest BCUT2D eigenvalue weighted by Crippen LogP contribution is -2.20. The van der Waals surface area contributed by atoms with Crippen molar-refractivity contribution in [3.63, 3.8) is 0 Å². The molecule has 1 aromatic heterocycles. The Morgan fingerprint density at radius 3 is 2.58 bits per heavy atom. The Kier molecular flexibility index (Phi) is 5.70. The maximum absolute atomic E-state index is 12.0. The first-order chi connectivity index (χ1) is 12.5. The van der Waals surface area contributed by atoms with Crippen LogP contribution in [0.5, 0.6) is 11.5 Å². The highest BCUT2D eigenvalue weighted by atomic mass is 35.5. The zero-order valence-electron chi connectivity index (χ0n) is 14.2. The summed E-state index contributed by atoms with van der Waals surface area (Å²) < 4.78 is 10.6. The van der Waals surface area contributed by atoms with E-state index in [2.05, 4.69) is 15.5 Å². The standard InChI is InChI=1S/C18H16ClN3O3S/c1-11-9-14(7-8-15(11)19)25-10-16(23)20-18-22-21-17(26-18)12-3-5-13(24-2)6-4-12/h3-9H,10H2,1-2H3,(H,20,22,23). The molecule has 0 fully saturated rings. The summed E-state index contributed by atoms with van der Waals surface area (Å²) in [6.45, 7) is 1.75. The average Bonchev–Trinajstić information content (AvgIpc) is 3.11. The van der Waals surface area contributed by atoms with Gasteiger partial charge in [0, 0.05) is 10.6 Å². The van der Waals surface area contributed by atoms with Gasteiger partial charge in [0.05, 0.1) is 7.11 Å². The third kappa shape index (κ3) is 4.50. The fraction of sp³-hybridized carbons (Fsp3) is 0.167. The number of anilines is 1. The summed E-state index contributed by atoms with van der Waals surface area (Å²) in [5.74, 6) is 1.04. The monoisotopic (exact) mass is 389 g/mol. The van der Waals surface area contributed by atoms with Crippen molar-refractivity contribution in [1.82, 2.24) is 10.2 Å². The molecule has 1 amide bonds. The van der Waals surface area contributed by atoms with Gasteiger partial charge in [-0.1, -0.05) is 22.9 Å². The number of carbonyl (C=O) groups excluding carboxylic acids is 1. The molecular formula is C18H16ClN3O3S. The number of nitrogens with zero attached hydrogens (tertiary/aromatic N) is 2. The summed E-state index contributed by atoms with van der Waals surface area (Å²) >= 11 is 7.25. The van der Waals surface area contributed by atoms with E-state index in [0.29, 0.717) is 20.9 Å². The number of methoxy groups -OCH3 is 1. The fourth-order valence-electron chi connectivity index (χ4n) is 2.14. The van der Waals surface area contributed by atoms with E-state index in [1.165, 1.54) is 11.3 Å². The maximum Gasteiger partial charge on any atom is 0.264 e. The molecule has 1 heterocycles. The molecule has 0 aliphatic rings. The van der Waals surface area contributed by atoms with Crippen molar-refractivity contribution in [3.8, 4) is 22.1 Å². The van der Waals surface area contributed by atoms with Crippen LogP contribution < -0.4 is 14.8 Å². The normalized spacial score (nSPS) is 10.4. The van der Waals surface area contributed by atoms with Gasteiger partial charge in [-0.25, -0.2) is 0 Å². The van der Waals surface area contributed by atoms with Crippen molar-refractivity contribution in [1.29, 1.82) is 0 Å². The van der Waals surface area contributed by atoms with Crippen molar-refractivity contribution in [2.75, 3.05) is 19.0 Å². The molecule has 3 aromatic rings. The fourth-order valence-corrected chi connectivity index (χ4v) is 3.02. The Bertz CT molecular complexity index is 912. The van der Waals surface area contributed by atoms with Gasteiger partial charge in [0.15, 0.2) is 6.61 Å². The number of nitrogens with one attached hydrogen (secondary N) is 1. The minimum Gasteiger partial charge on any atom is -0.497 e. The van der Waals surface area contributed by atoms with E-state index in [0.717, 1.165) is 16.9 Å². The second-order valence-corrected chi connectivity index (χ2v) is 6.77. The number of amides is 1. The Labute approximate surface area is 159 Å². The predicted molar refractivity (Wildman–Crippen MR) is 102 cm³/mol. The molecular weight excluding hydrogens is 374 g/mol. The van der Waals surface area contributed by atoms with Crippen LogP contribution in [0.25, 0.3) is 10.6 Å². The van der Waals surface area contributed by atoms with Gasteiger partial charge in [0.25, 0.3) is 5.91 Å². The van der Waals surface area contributed by atoms with E-state index < -0.39 is 0 Å². The number of benzene rings is 2. The molecule has 0 aliphatic heterocycles. The third-order valence-corrected chi connectivity index (χ3v) is 4.82. The van der Waals surface area contributed by atoms with Crippen molar-refractivity contribution >= 4 is 34.0 Å². The zero-order valence-corrected chi connectivity index (χ0v) is 15.7. The van der Waals surface area contributed by atoms with Crippen molar-refractivity contribution in [2.24, 2.45) is 0 Å². The number of hydrogen-bond acceptors (Lipinski definition) is 6. The highest BCUT2D eigenvalue weighted by molar-refractivity contribution is 7.18. The minimum atomic E-state index is -0.310. The molecule has 8 heteroatoms. The molecule has 0 unspecified atom stereocenters. The number of aromatic nitrogens is 2. The van der Waals surface area contributed by atoms with E-state index in [1.807, 2.05) is 31.2 Å². The number of rotatable bonds is 6. The van der Waals surface area contributed by atoms with Crippen LogP contribution in [0.1, 0.15) is 5.56 Å². The summed E-state index contributed by atoms with van der Waals surface area (Å²) in [5, 5.41) is 12.5. The van der Waals surface area contributed by atoms with E-state index in [4.69, 9.17) is 21.1 Å². The van der Waals surface area contributed by atoms with Gasteiger partial charge >= 0.3 is 0 Å². The molecule has 0 atom stereocenters. The van der Waals surface area contributed by atoms with Crippen LogP contribution in [0, 0.1) is 6.92 Å². The molecule has 0 saturated carbocycles. The summed E-state index contributed by atoms with van der Waals surface area (Å²) in [6.07, 6.45) is 0. The molecule has 6 nitrogen and oxygen atoms in total. The summed E-state index contributed by atoms with van der Waals surface area (Å²) in [7, 11) is 1.61. The first-order valence-corrected chi connectivity index (χ1v) is 8.91.